The summed E-state index contributed by atoms with van der Waals surface area (Å²) >= 11 is 2.69. The van der Waals surface area contributed by atoms with Crippen LogP contribution in [-0.2, 0) is 4.79 Å². The van der Waals surface area contributed by atoms with E-state index in [9.17, 15) is 9.18 Å². The second kappa shape index (κ2) is 7.88. The van der Waals surface area contributed by atoms with Crippen molar-refractivity contribution in [3.05, 3.63) is 36.4 Å². The van der Waals surface area contributed by atoms with Gasteiger partial charge in [-0.1, -0.05) is 11.8 Å². The molecule has 0 saturated heterocycles. The van der Waals surface area contributed by atoms with Gasteiger partial charge >= 0.3 is 0 Å². The third kappa shape index (κ3) is 3.80. The van der Waals surface area contributed by atoms with E-state index >= 15 is 0 Å². The molecular formula is C17H17FN4OS2. The standard InChI is InChI=1S/C17H17FN4OS2/c1-3-22(4-2)13(23)9-24-17-16-15(19-10-20-17)14(21-25-16)11-5-7-12(18)8-6-11/h5-8,10H,3-4,9H2,1-2H3. The largest absolute Gasteiger partial charge is 0.343 e. The number of rotatable bonds is 6. The molecule has 1 aromatic carbocycles. The number of hydrogen-bond donors (Lipinski definition) is 0. The highest BCUT2D eigenvalue weighted by Crippen LogP contribution is 2.34. The van der Waals surface area contributed by atoms with Crippen LogP contribution in [0.5, 0.6) is 0 Å². The predicted molar refractivity (Wildman–Crippen MR) is 99.3 cm³/mol. The molecule has 2 heterocycles. The Hall–Kier alpha value is -2.06. The Morgan fingerprint density at radius 2 is 1.92 bits per heavy atom. The molecule has 0 aliphatic rings. The molecule has 130 valence electrons. The van der Waals surface area contributed by atoms with Crippen LogP contribution in [0.15, 0.2) is 35.6 Å². The van der Waals surface area contributed by atoms with Crippen LogP contribution in [0.25, 0.3) is 21.5 Å². The summed E-state index contributed by atoms with van der Waals surface area (Å²) < 4.78 is 18.4. The molecule has 0 unspecified atom stereocenters. The number of benzene rings is 1. The average Bonchev–Trinajstić information content (AvgIpc) is 3.06. The topological polar surface area (TPSA) is 59.0 Å². The summed E-state index contributed by atoms with van der Waals surface area (Å²) in [4.78, 5) is 22.6. The number of hydrogen-bond acceptors (Lipinski definition) is 6. The fourth-order valence-corrected chi connectivity index (χ4v) is 4.26. The van der Waals surface area contributed by atoms with E-state index in [1.54, 1.807) is 17.0 Å². The molecule has 0 aliphatic carbocycles. The first-order valence-electron chi connectivity index (χ1n) is 7.91. The minimum absolute atomic E-state index is 0.0880. The maximum Gasteiger partial charge on any atom is 0.232 e. The predicted octanol–water partition coefficient (Wildman–Crippen LogP) is 3.85. The first kappa shape index (κ1) is 17.8. The van der Waals surface area contributed by atoms with Crippen LogP contribution in [0, 0.1) is 5.82 Å². The van der Waals surface area contributed by atoms with E-state index in [4.69, 9.17) is 0 Å². The van der Waals surface area contributed by atoms with E-state index in [0.29, 0.717) is 24.5 Å². The van der Waals surface area contributed by atoms with Gasteiger partial charge in [-0.3, -0.25) is 4.79 Å². The number of halogens is 1. The zero-order valence-electron chi connectivity index (χ0n) is 13.9. The van der Waals surface area contributed by atoms with Crippen LogP contribution >= 0.6 is 23.3 Å². The molecule has 3 rings (SSSR count). The van der Waals surface area contributed by atoms with Crippen molar-refractivity contribution in [3.8, 4) is 11.3 Å². The number of nitrogens with zero attached hydrogens (tertiary/aromatic N) is 4. The highest BCUT2D eigenvalue weighted by atomic mass is 32.2. The number of thioether (sulfide) groups is 1. The minimum Gasteiger partial charge on any atom is -0.343 e. The third-order valence-electron chi connectivity index (χ3n) is 3.79. The zero-order valence-corrected chi connectivity index (χ0v) is 15.5. The van der Waals surface area contributed by atoms with Gasteiger partial charge in [-0.15, -0.1) is 0 Å². The normalized spacial score (nSPS) is 11.0. The van der Waals surface area contributed by atoms with Crippen molar-refractivity contribution in [2.24, 2.45) is 0 Å². The van der Waals surface area contributed by atoms with Crippen molar-refractivity contribution in [1.82, 2.24) is 19.2 Å². The van der Waals surface area contributed by atoms with Crippen LogP contribution in [0.3, 0.4) is 0 Å². The first-order valence-corrected chi connectivity index (χ1v) is 9.66. The van der Waals surface area contributed by atoms with Crippen molar-refractivity contribution in [3.63, 3.8) is 0 Å². The van der Waals surface area contributed by atoms with Crippen LogP contribution in [-0.4, -0.2) is 44.0 Å². The van der Waals surface area contributed by atoms with Crippen LogP contribution < -0.4 is 0 Å². The Morgan fingerprint density at radius 3 is 2.60 bits per heavy atom. The Morgan fingerprint density at radius 1 is 1.20 bits per heavy atom. The van der Waals surface area contributed by atoms with Crippen molar-refractivity contribution in [1.29, 1.82) is 0 Å². The summed E-state index contributed by atoms with van der Waals surface area (Å²) in [7, 11) is 0. The van der Waals surface area contributed by atoms with Gasteiger partial charge in [0.2, 0.25) is 5.91 Å². The number of amides is 1. The van der Waals surface area contributed by atoms with E-state index in [1.807, 2.05) is 13.8 Å². The fourth-order valence-electron chi connectivity index (χ4n) is 2.44. The summed E-state index contributed by atoms with van der Waals surface area (Å²) in [5, 5.41) is 0.747. The monoisotopic (exact) mass is 376 g/mol. The fraction of sp³-hybridized carbons (Fsp3) is 0.294. The van der Waals surface area contributed by atoms with E-state index in [2.05, 4.69) is 14.3 Å². The first-order chi connectivity index (χ1) is 12.1. The van der Waals surface area contributed by atoms with Gasteiger partial charge < -0.3 is 4.90 Å². The molecular weight excluding hydrogens is 359 g/mol. The van der Waals surface area contributed by atoms with Crippen molar-refractivity contribution in [2.45, 2.75) is 18.9 Å². The van der Waals surface area contributed by atoms with Gasteiger partial charge in [0.25, 0.3) is 0 Å². The molecule has 0 spiro atoms. The maximum absolute atomic E-state index is 13.1. The minimum atomic E-state index is -0.288. The molecule has 0 fully saturated rings. The molecule has 0 N–H and O–H groups in total. The van der Waals surface area contributed by atoms with Gasteiger partial charge in [-0.2, -0.15) is 4.37 Å². The number of carbonyl (C=O) groups excluding carboxylic acids is 1. The average molecular weight is 376 g/mol. The second-order valence-corrected chi connectivity index (χ2v) is 6.99. The molecule has 25 heavy (non-hydrogen) atoms. The molecule has 8 heteroatoms. The lowest BCUT2D eigenvalue weighted by molar-refractivity contribution is -0.127. The number of carbonyl (C=O) groups is 1. The van der Waals surface area contributed by atoms with Gasteiger partial charge in [0.15, 0.2) is 0 Å². The van der Waals surface area contributed by atoms with E-state index in [1.165, 1.54) is 41.8 Å². The zero-order chi connectivity index (χ0) is 17.8. The summed E-state index contributed by atoms with van der Waals surface area (Å²) in [5.41, 5.74) is 2.24. The molecule has 2 aromatic heterocycles. The molecule has 5 nitrogen and oxygen atoms in total. The number of aromatic nitrogens is 3. The van der Waals surface area contributed by atoms with Crippen LogP contribution in [0.2, 0.25) is 0 Å². The summed E-state index contributed by atoms with van der Waals surface area (Å²) in [6.07, 6.45) is 1.48. The molecule has 0 saturated carbocycles. The summed E-state index contributed by atoms with van der Waals surface area (Å²) in [5.74, 6) is 0.131. The molecule has 1 amide bonds. The van der Waals surface area contributed by atoms with E-state index < -0.39 is 0 Å². The van der Waals surface area contributed by atoms with Crippen LogP contribution in [0.1, 0.15) is 13.8 Å². The summed E-state index contributed by atoms with van der Waals surface area (Å²) in [6, 6.07) is 6.17. The lowest BCUT2D eigenvalue weighted by atomic mass is 10.1. The van der Waals surface area contributed by atoms with Crippen molar-refractivity contribution >= 4 is 39.4 Å². The highest BCUT2D eigenvalue weighted by Gasteiger charge is 2.16. The van der Waals surface area contributed by atoms with Gasteiger partial charge in [0, 0.05) is 18.7 Å². The smallest absolute Gasteiger partial charge is 0.232 e. The van der Waals surface area contributed by atoms with Crippen molar-refractivity contribution < 1.29 is 9.18 Å². The SMILES string of the molecule is CCN(CC)C(=O)CSc1ncnc2c(-c3ccc(F)cc3)nsc12. The Labute approximate surface area is 153 Å². The number of fused-ring (bicyclic) bond motifs is 1. The van der Waals surface area contributed by atoms with Gasteiger partial charge in [-0.05, 0) is 49.6 Å². The third-order valence-corrected chi connectivity index (χ3v) is 5.74. The Bertz CT molecular complexity index is 878. The van der Waals surface area contributed by atoms with E-state index in [-0.39, 0.29) is 11.7 Å². The second-order valence-electron chi connectivity index (χ2n) is 5.25. The lowest BCUT2D eigenvalue weighted by Gasteiger charge is -2.17. The molecule has 0 atom stereocenters. The van der Waals surface area contributed by atoms with Crippen LogP contribution in [0.4, 0.5) is 4.39 Å². The molecule has 0 bridgehead atoms. The van der Waals surface area contributed by atoms with Gasteiger partial charge in [-0.25, -0.2) is 14.4 Å². The maximum atomic E-state index is 13.1. The molecule has 3 aromatic rings. The van der Waals surface area contributed by atoms with Gasteiger partial charge in [0.05, 0.1) is 5.75 Å². The Kier molecular flexibility index (Phi) is 5.60. The summed E-state index contributed by atoms with van der Waals surface area (Å²) in [6.45, 7) is 5.33. The van der Waals surface area contributed by atoms with E-state index in [0.717, 1.165) is 20.8 Å². The quantitative estimate of drug-likeness (QED) is 0.483. The molecule has 0 radical (unpaired) electrons. The lowest BCUT2D eigenvalue weighted by Crippen LogP contribution is -2.31. The van der Waals surface area contributed by atoms with Crippen molar-refractivity contribution in [2.75, 3.05) is 18.8 Å². The highest BCUT2D eigenvalue weighted by molar-refractivity contribution is 8.00. The van der Waals surface area contributed by atoms with Gasteiger partial charge in [0.1, 0.15) is 33.1 Å². The molecule has 0 aliphatic heterocycles. The Balaban J connectivity index is 1.86.